The van der Waals surface area contributed by atoms with Gasteiger partial charge in [-0.25, -0.2) is 0 Å². The van der Waals surface area contributed by atoms with E-state index in [9.17, 15) is 4.79 Å². The second kappa shape index (κ2) is 5.63. The average molecular weight is 312 g/mol. The van der Waals surface area contributed by atoms with Gasteiger partial charge in [-0.3, -0.25) is 4.79 Å². The first-order valence-electron chi connectivity index (χ1n) is 5.07. The zero-order valence-electron chi connectivity index (χ0n) is 9.51. The minimum absolute atomic E-state index is 0.203. The van der Waals surface area contributed by atoms with E-state index in [1.165, 1.54) is 13.5 Å². The summed E-state index contributed by atoms with van der Waals surface area (Å²) >= 11 is 3.31. The molecule has 6 nitrogen and oxygen atoms in total. The summed E-state index contributed by atoms with van der Waals surface area (Å²) in [5.41, 5.74) is 0.448. The van der Waals surface area contributed by atoms with Gasteiger partial charge in [0.15, 0.2) is 5.82 Å². The van der Waals surface area contributed by atoms with Crippen LogP contribution in [0.2, 0.25) is 0 Å². The van der Waals surface area contributed by atoms with Gasteiger partial charge in [0.1, 0.15) is 5.75 Å². The summed E-state index contributed by atoms with van der Waals surface area (Å²) in [5.74, 6) is 0.651. The lowest BCUT2D eigenvalue weighted by Crippen LogP contribution is -2.23. The summed E-state index contributed by atoms with van der Waals surface area (Å²) in [6.07, 6.45) is 1.21. The number of nitrogens with zero attached hydrogens (tertiary/aromatic N) is 2. The zero-order valence-corrected chi connectivity index (χ0v) is 11.1. The van der Waals surface area contributed by atoms with Gasteiger partial charge in [-0.1, -0.05) is 21.1 Å². The van der Waals surface area contributed by atoms with Crippen molar-refractivity contribution in [3.8, 4) is 5.75 Å². The summed E-state index contributed by atoms with van der Waals surface area (Å²) in [5, 5.41) is 6.28. The number of rotatable bonds is 4. The van der Waals surface area contributed by atoms with Gasteiger partial charge in [-0.05, 0) is 18.2 Å². The maximum absolute atomic E-state index is 11.9. The van der Waals surface area contributed by atoms with Crippen LogP contribution in [0.4, 0.5) is 0 Å². The van der Waals surface area contributed by atoms with Crippen molar-refractivity contribution in [3.05, 3.63) is 40.5 Å². The van der Waals surface area contributed by atoms with Crippen LogP contribution in [0.3, 0.4) is 0 Å². The summed E-state index contributed by atoms with van der Waals surface area (Å²) in [7, 11) is 1.51. The molecule has 0 aliphatic carbocycles. The zero-order chi connectivity index (χ0) is 13.0. The number of nitrogens with one attached hydrogen (secondary N) is 1. The van der Waals surface area contributed by atoms with Gasteiger partial charge in [0, 0.05) is 4.47 Å². The smallest absolute Gasteiger partial charge is 0.255 e. The molecule has 0 spiro atoms. The minimum atomic E-state index is -0.260. The fourth-order valence-corrected chi connectivity index (χ4v) is 1.72. The minimum Gasteiger partial charge on any atom is -0.496 e. The molecule has 7 heteroatoms. The first-order valence-corrected chi connectivity index (χ1v) is 5.87. The van der Waals surface area contributed by atoms with Crippen molar-refractivity contribution in [3.63, 3.8) is 0 Å². The Bertz CT molecular complexity index is 542. The van der Waals surface area contributed by atoms with E-state index in [2.05, 4.69) is 35.9 Å². The molecule has 1 aromatic carbocycles. The SMILES string of the molecule is COc1cc(Br)ccc1C(=O)NCc1ncon1. The van der Waals surface area contributed by atoms with Crippen molar-refractivity contribution < 1.29 is 14.1 Å². The molecule has 0 bridgehead atoms. The Kier molecular flexibility index (Phi) is 3.93. The number of halogens is 1. The summed E-state index contributed by atoms with van der Waals surface area (Å²) in [6.45, 7) is 0.203. The van der Waals surface area contributed by atoms with Gasteiger partial charge in [0.25, 0.3) is 5.91 Å². The quantitative estimate of drug-likeness (QED) is 0.931. The molecule has 2 aromatic rings. The second-order valence-corrected chi connectivity index (χ2v) is 4.29. The van der Waals surface area contributed by atoms with Crippen LogP contribution >= 0.6 is 15.9 Å². The van der Waals surface area contributed by atoms with E-state index in [0.29, 0.717) is 17.1 Å². The third-order valence-corrected chi connectivity index (χ3v) is 2.72. The maximum Gasteiger partial charge on any atom is 0.255 e. The predicted octanol–water partition coefficient (Wildman–Crippen LogP) is 1.77. The molecule has 0 saturated carbocycles. The van der Waals surface area contributed by atoms with Gasteiger partial charge in [0.2, 0.25) is 6.39 Å². The van der Waals surface area contributed by atoms with E-state index >= 15 is 0 Å². The second-order valence-electron chi connectivity index (χ2n) is 3.37. The molecule has 2 rings (SSSR count). The van der Waals surface area contributed by atoms with E-state index in [-0.39, 0.29) is 12.5 Å². The highest BCUT2D eigenvalue weighted by Crippen LogP contribution is 2.23. The van der Waals surface area contributed by atoms with E-state index < -0.39 is 0 Å². The Hall–Kier alpha value is -1.89. The van der Waals surface area contributed by atoms with Crippen molar-refractivity contribution in [1.82, 2.24) is 15.5 Å². The highest BCUT2D eigenvalue weighted by atomic mass is 79.9. The molecule has 0 atom stereocenters. The topological polar surface area (TPSA) is 77.2 Å². The van der Waals surface area contributed by atoms with Crippen LogP contribution in [0.5, 0.6) is 5.75 Å². The standard InChI is InChI=1S/C11H10BrN3O3/c1-17-9-4-7(12)2-3-8(9)11(16)13-5-10-14-6-18-15-10/h2-4,6H,5H2,1H3,(H,13,16). The Morgan fingerprint density at radius 1 is 1.56 bits per heavy atom. The van der Waals surface area contributed by atoms with E-state index in [1.807, 2.05) is 0 Å². The first kappa shape index (κ1) is 12.6. The Balaban J connectivity index is 2.09. The van der Waals surface area contributed by atoms with Gasteiger partial charge in [-0.2, -0.15) is 4.98 Å². The molecule has 1 aromatic heterocycles. The van der Waals surface area contributed by atoms with Crippen LogP contribution in [-0.2, 0) is 6.54 Å². The lowest BCUT2D eigenvalue weighted by molar-refractivity contribution is 0.0946. The van der Waals surface area contributed by atoms with Gasteiger partial charge in [-0.15, -0.1) is 0 Å². The predicted molar refractivity (Wildman–Crippen MR) is 66.2 cm³/mol. The number of amides is 1. The molecular weight excluding hydrogens is 302 g/mol. The highest BCUT2D eigenvalue weighted by molar-refractivity contribution is 9.10. The number of aromatic nitrogens is 2. The first-order chi connectivity index (χ1) is 8.70. The fourth-order valence-electron chi connectivity index (χ4n) is 1.38. The van der Waals surface area contributed by atoms with Gasteiger partial charge >= 0.3 is 0 Å². The van der Waals surface area contributed by atoms with Crippen molar-refractivity contribution >= 4 is 21.8 Å². The molecule has 0 aliphatic heterocycles. The average Bonchev–Trinajstić information content (AvgIpc) is 2.88. The molecule has 1 heterocycles. The van der Waals surface area contributed by atoms with Crippen LogP contribution < -0.4 is 10.1 Å². The van der Waals surface area contributed by atoms with E-state index in [4.69, 9.17) is 4.74 Å². The molecule has 0 aliphatic rings. The number of benzene rings is 1. The molecule has 1 amide bonds. The van der Waals surface area contributed by atoms with Crippen molar-refractivity contribution in [2.24, 2.45) is 0 Å². The summed E-state index contributed by atoms with van der Waals surface area (Å²) < 4.78 is 10.6. The molecule has 1 N–H and O–H groups in total. The number of hydrogen-bond acceptors (Lipinski definition) is 5. The van der Waals surface area contributed by atoms with Crippen LogP contribution in [0, 0.1) is 0 Å². The lowest BCUT2D eigenvalue weighted by atomic mass is 10.2. The monoisotopic (exact) mass is 311 g/mol. The summed E-state index contributed by atoms with van der Waals surface area (Å²) in [6, 6.07) is 5.17. The number of carbonyl (C=O) groups excluding carboxylic acids is 1. The third kappa shape index (κ3) is 2.86. The van der Waals surface area contributed by atoms with Crippen molar-refractivity contribution in [2.75, 3.05) is 7.11 Å². The molecule has 0 fully saturated rings. The van der Waals surface area contributed by atoms with E-state index in [0.717, 1.165) is 4.47 Å². The van der Waals surface area contributed by atoms with Gasteiger partial charge < -0.3 is 14.6 Å². The Labute approximate surface area is 111 Å². The molecule has 0 saturated heterocycles. The molecule has 94 valence electrons. The Morgan fingerprint density at radius 2 is 2.39 bits per heavy atom. The lowest BCUT2D eigenvalue weighted by Gasteiger charge is -2.08. The van der Waals surface area contributed by atoms with Crippen molar-refractivity contribution in [2.45, 2.75) is 6.54 Å². The number of methoxy groups -OCH3 is 1. The maximum atomic E-state index is 11.9. The molecular formula is C11H10BrN3O3. The largest absolute Gasteiger partial charge is 0.496 e. The van der Waals surface area contributed by atoms with Crippen LogP contribution in [0.1, 0.15) is 16.2 Å². The highest BCUT2D eigenvalue weighted by Gasteiger charge is 2.12. The van der Waals surface area contributed by atoms with Crippen LogP contribution in [0.25, 0.3) is 0 Å². The third-order valence-electron chi connectivity index (χ3n) is 2.22. The number of carbonyl (C=O) groups is 1. The number of hydrogen-bond donors (Lipinski definition) is 1. The number of ether oxygens (including phenoxy) is 1. The van der Waals surface area contributed by atoms with Crippen molar-refractivity contribution in [1.29, 1.82) is 0 Å². The Morgan fingerprint density at radius 3 is 3.06 bits per heavy atom. The molecule has 0 unspecified atom stereocenters. The van der Waals surface area contributed by atoms with Crippen LogP contribution in [-0.4, -0.2) is 23.2 Å². The fraction of sp³-hybridized carbons (Fsp3) is 0.182. The normalized spacial score (nSPS) is 10.1. The molecule has 18 heavy (non-hydrogen) atoms. The molecule has 0 radical (unpaired) electrons. The van der Waals surface area contributed by atoms with Gasteiger partial charge in [0.05, 0.1) is 19.2 Å². The summed E-state index contributed by atoms with van der Waals surface area (Å²) in [4.78, 5) is 15.7. The van der Waals surface area contributed by atoms with E-state index in [1.54, 1.807) is 18.2 Å². The van der Waals surface area contributed by atoms with Crippen LogP contribution in [0.15, 0.2) is 33.6 Å².